The first-order valence-electron chi connectivity index (χ1n) is 8.57. The number of nitrogens with zero attached hydrogens (tertiary/aromatic N) is 3. The maximum Gasteiger partial charge on any atom is 0.327 e. The van der Waals surface area contributed by atoms with E-state index in [2.05, 4.69) is 5.32 Å². The van der Waals surface area contributed by atoms with Crippen LogP contribution in [0.3, 0.4) is 0 Å². The molecule has 1 spiro atoms. The van der Waals surface area contributed by atoms with E-state index < -0.39 is 5.54 Å². The Labute approximate surface area is 149 Å². The first kappa shape index (κ1) is 19.0. The molecule has 3 fully saturated rings. The summed E-state index contributed by atoms with van der Waals surface area (Å²) in [4.78, 5) is 42.5. The minimum Gasteiger partial charge on any atom is -0.336 e. The second kappa shape index (κ2) is 7.27. The molecule has 7 nitrogen and oxygen atoms in total. The molecule has 0 aromatic carbocycles. The fourth-order valence-corrected chi connectivity index (χ4v) is 4.11. The van der Waals surface area contributed by atoms with Crippen LogP contribution in [0.5, 0.6) is 0 Å². The Balaban J connectivity index is 0.00000208. The van der Waals surface area contributed by atoms with Gasteiger partial charge in [-0.3, -0.25) is 14.5 Å². The summed E-state index contributed by atoms with van der Waals surface area (Å²) in [5.74, 6) is -0.317. The smallest absolute Gasteiger partial charge is 0.327 e. The van der Waals surface area contributed by atoms with Gasteiger partial charge in [0.2, 0.25) is 5.91 Å². The highest BCUT2D eigenvalue weighted by atomic mass is 35.5. The van der Waals surface area contributed by atoms with Crippen LogP contribution >= 0.6 is 12.4 Å². The number of halogens is 1. The lowest BCUT2D eigenvalue weighted by molar-refractivity contribution is -0.141. The van der Waals surface area contributed by atoms with Crippen molar-refractivity contribution < 1.29 is 14.4 Å². The second-order valence-electron chi connectivity index (χ2n) is 6.97. The predicted molar refractivity (Wildman–Crippen MR) is 92.0 cm³/mol. The number of amides is 4. The molecule has 4 amide bonds. The van der Waals surface area contributed by atoms with Crippen molar-refractivity contribution in [3.05, 3.63) is 0 Å². The Hall–Kier alpha value is -1.34. The molecule has 8 heteroatoms. The van der Waals surface area contributed by atoms with E-state index in [1.54, 1.807) is 16.8 Å². The predicted octanol–water partition coefficient (Wildman–Crippen LogP) is 0.825. The average Bonchev–Trinajstić information content (AvgIpc) is 2.72. The normalized spacial score (nSPS) is 26.8. The highest BCUT2D eigenvalue weighted by molar-refractivity contribution is 6.09. The molecule has 3 rings (SSSR count). The summed E-state index contributed by atoms with van der Waals surface area (Å²) < 4.78 is 0. The monoisotopic (exact) mass is 358 g/mol. The topological polar surface area (TPSA) is 73.0 Å². The van der Waals surface area contributed by atoms with E-state index in [1.807, 2.05) is 6.92 Å². The Bertz CT molecular complexity index is 521. The van der Waals surface area contributed by atoms with E-state index in [4.69, 9.17) is 0 Å². The molecule has 0 aromatic heterocycles. The minimum atomic E-state index is -0.704. The molecule has 136 valence electrons. The van der Waals surface area contributed by atoms with E-state index >= 15 is 0 Å². The molecule has 0 unspecified atom stereocenters. The summed E-state index contributed by atoms with van der Waals surface area (Å²) in [6.07, 6.45) is 4.44. The molecule has 2 saturated heterocycles. The van der Waals surface area contributed by atoms with Gasteiger partial charge in [-0.1, -0.05) is 19.3 Å². The van der Waals surface area contributed by atoms with Crippen molar-refractivity contribution in [1.82, 2.24) is 20.0 Å². The zero-order valence-electron chi connectivity index (χ0n) is 14.4. The third-order valence-electron chi connectivity index (χ3n) is 5.60. The number of likely N-dealkylation sites (N-methyl/N-ethyl adjacent to an activating group) is 1. The molecule has 24 heavy (non-hydrogen) atoms. The molecule has 1 N–H and O–H groups in total. The number of hydrogen-bond acceptors (Lipinski definition) is 4. The van der Waals surface area contributed by atoms with Crippen molar-refractivity contribution in [3.8, 4) is 0 Å². The van der Waals surface area contributed by atoms with Gasteiger partial charge in [-0.05, 0) is 19.8 Å². The van der Waals surface area contributed by atoms with Crippen LogP contribution in [0.25, 0.3) is 0 Å². The summed E-state index contributed by atoms with van der Waals surface area (Å²) in [6.45, 7) is 3.97. The zero-order chi connectivity index (χ0) is 16.6. The van der Waals surface area contributed by atoms with E-state index in [1.165, 1.54) is 4.90 Å². The number of imide groups is 1. The van der Waals surface area contributed by atoms with E-state index in [0.29, 0.717) is 19.4 Å². The fourth-order valence-electron chi connectivity index (χ4n) is 4.11. The molecule has 0 aromatic rings. The second-order valence-corrected chi connectivity index (χ2v) is 6.97. The molecule has 0 bridgehead atoms. The quantitative estimate of drug-likeness (QED) is 0.742. The molecule has 0 radical (unpaired) electrons. The van der Waals surface area contributed by atoms with E-state index in [9.17, 15) is 14.4 Å². The highest BCUT2D eigenvalue weighted by Gasteiger charge is 2.56. The maximum atomic E-state index is 12.9. The standard InChI is InChI=1S/C16H26N4O3.ClH/c1-12-10-17-8-9-19(12)13(21)11-20-14(22)16(18(2)15(20)23)6-4-3-5-7-16;/h12,17H,3-11H2,1-2H3;1H/t12-;/m1./s1. The summed E-state index contributed by atoms with van der Waals surface area (Å²) >= 11 is 0. The number of carbonyl (C=O) groups is 3. The van der Waals surface area contributed by atoms with Crippen LogP contribution in [-0.2, 0) is 9.59 Å². The minimum absolute atomic E-state index is 0. The van der Waals surface area contributed by atoms with Gasteiger partial charge in [0.25, 0.3) is 5.91 Å². The van der Waals surface area contributed by atoms with Gasteiger partial charge in [-0.2, -0.15) is 0 Å². The lowest BCUT2D eigenvalue weighted by atomic mass is 9.81. The van der Waals surface area contributed by atoms with Gasteiger partial charge in [0.1, 0.15) is 12.1 Å². The van der Waals surface area contributed by atoms with Gasteiger partial charge >= 0.3 is 6.03 Å². The SMILES string of the molecule is C[C@@H]1CNCCN1C(=O)CN1C(=O)N(C)C2(CCCCC2)C1=O.Cl. The van der Waals surface area contributed by atoms with Crippen LogP contribution < -0.4 is 5.32 Å². The Kier molecular flexibility index (Phi) is 5.75. The molecular formula is C16H27ClN4O3. The van der Waals surface area contributed by atoms with Crippen molar-refractivity contribution in [2.24, 2.45) is 0 Å². The number of piperazine rings is 1. The molecule has 1 aliphatic carbocycles. The number of hydrogen-bond donors (Lipinski definition) is 1. The Morgan fingerprint density at radius 2 is 1.92 bits per heavy atom. The Morgan fingerprint density at radius 1 is 1.25 bits per heavy atom. The molecule has 3 aliphatic rings. The maximum absolute atomic E-state index is 12.9. The molecule has 2 aliphatic heterocycles. The highest BCUT2D eigenvalue weighted by Crippen LogP contribution is 2.39. The molecule has 1 atom stereocenters. The van der Waals surface area contributed by atoms with Crippen LogP contribution in [0.1, 0.15) is 39.0 Å². The van der Waals surface area contributed by atoms with E-state index in [-0.39, 0.29) is 42.8 Å². The van der Waals surface area contributed by atoms with Gasteiger partial charge in [0, 0.05) is 32.7 Å². The largest absolute Gasteiger partial charge is 0.336 e. The Morgan fingerprint density at radius 3 is 2.54 bits per heavy atom. The molecule has 2 heterocycles. The zero-order valence-corrected chi connectivity index (χ0v) is 15.2. The average molecular weight is 359 g/mol. The van der Waals surface area contributed by atoms with Gasteiger partial charge in [-0.25, -0.2) is 4.79 Å². The van der Waals surface area contributed by atoms with Gasteiger partial charge in [0.15, 0.2) is 0 Å². The van der Waals surface area contributed by atoms with Gasteiger partial charge in [0.05, 0.1) is 0 Å². The van der Waals surface area contributed by atoms with Crippen LogP contribution in [0.15, 0.2) is 0 Å². The lowest BCUT2D eigenvalue weighted by Crippen LogP contribution is -2.55. The van der Waals surface area contributed by atoms with Crippen LogP contribution in [0, 0.1) is 0 Å². The number of rotatable bonds is 2. The third-order valence-corrected chi connectivity index (χ3v) is 5.60. The van der Waals surface area contributed by atoms with Crippen molar-refractivity contribution in [1.29, 1.82) is 0 Å². The summed E-state index contributed by atoms with van der Waals surface area (Å²) in [5, 5.41) is 3.23. The third kappa shape index (κ3) is 2.99. The number of carbonyl (C=O) groups excluding carboxylic acids is 3. The van der Waals surface area contributed by atoms with E-state index in [0.717, 1.165) is 32.4 Å². The number of urea groups is 1. The number of nitrogens with one attached hydrogen (secondary N) is 1. The summed E-state index contributed by atoms with van der Waals surface area (Å²) in [5.41, 5.74) is -0.704. The first-order valence-corrected chi connectivity index (χ1v) is 8.57. The first-order chi connectivity index (χ1) is 11.0. The van der Waals surface area contributed by atoms with Crippen molar-refractivity contribution >= 4 is 30.3 Å². The van der Waals surface area contributed by atoms with Crippen LogP contribution in [0.2, 0.25) is 0 Å². The summed E-state index contributed by atoms with van der Waals surface area (Å²) in [7, 11) is 1.70. The molecular weight excluding hydrogens is 332 g/mol. The van der Waals surface area contributed by atoms with Crippen molar-refractivity contribution in [3.63, 3.8) is 0 Å². The summed E-state index contributed by atoms with van der Waals surface area (Å²) in [6, 6.07) is -0.238. The lowest BCUT2D eigenvalue weighted by Gasteiger charge is -2.36. The van der Waals surface area contributed by atoms with Crippen LogP contribution in [0.4, 0.5) is 4.79 Å². The van der Waals surface area contributed by atoms with Crippen molar-refractivity contribution in [2.45, 2.75) is 50.6 Å². The van der Waals surface area contributed by atoms with Gasteiger partial charge < -0.3 is 15.1 Å². The van der Waals surface area contributed by atoms with Crippen molar-refractivity contribution in [2.75, 3.05) is 33.2 Å². The fraction of sp³-hybridized carbons (Fsp3) is 0.812. The van der Waals surface area contributed by atoms with Gasteiger partial charge in [-0.15, -0.1) is 12.4 Å². The van der Waals surface area contributed by atoms with Crippen LogP contribution in [-0.4, -0.2) is 77.4 Å². The molecule has 1 saturated carbocycles.